The van der Waals surface area contributed by atoms with E-state index in [1.54, 1.807) is 6.07 Å². The Morgan fingerprint density at radius 2 is 1.58 bits per heavy atom. The van der Waals surface area contributed by atoms with Crippen molar-refractivity contribution >= 4 is 0 Å². The number of nitriles is 1. The molecule has 0 aliphatic carbocycles. The quantitative estimate of drug-likeness (QED) is 0.620. The number of hydrogen-bond donors (Lipinski definition) is 0. The predicted molar refractivity (Wildman–Crippen MR) is 55.3 cm³/mol. The van der Waals surface area contributed by atoms with Crippen molar-refractivity contribution < 1.29 is 22.3 Å². The van der Waals surface area contributed by atoms with Crippen molar-refractivity contribution in [2.75, 3.05) is 0 Å². The molecule has 0 amide bonds. The Morgan fingerprint density at radius 1 is 1.00 bits per heavy atom. The maximum Gasteiger partial charge on any atom is 0.255 e. The number of ether oxygens (including phenoxy) is 1. The van der Waals surface area contributed by atoms with Gasteiger partial charge < -0.3 is 4.74 Å². The Balaban J connectivity index is 2.53. The summed E-state index contributed by atoms with van der Waals surface area (Å²) >= 11 is 0. The van der Waals surface area contributed by atoms with E-state index in [1.165, 1.54) is 24.3 Å². The number of para-hydroxylation sites is 1. The van der Waals surface area contributed by atoms with E-state index in [4.69, 9.17) is 10.00 Å². The lowest BCUT2D eigenvalue weighted by Crippen LogP contribution is -2.03. The highest BCUT2D eigenvalue weighted by Crippen LogP contribution is 2.31. The van der Waals surface area contributed by atoms with E-state index in [2.05, 4.69) is 4.98 Å². The number of nitrogens with zero attached hydrogens (tertiary/aromatic N) is 2. The second kappa shape index (κ2) is 4.94. The molecule has 19 heavy (non-hydrogen) atoms. The second-order valence-electron chi connectivity index (χ2n) is 3.36. The van der Waals surface area contributed by atoms with Crippen LogP contribution < -0.4 is 4.74 Å². The fourth-order valence-electron chi connectivity index (χ4n) is 1.32. The summed E-state index contributed by atoms with van der Waals surface area (Å²) in [6, 6.07) is 7.18. The van der Waals surface area contributed by atoms with Crippen molar-refractivity contribution in [2.24, 2.45) is 0 Å². The van der Waals surface area contributed by atoms with Gasteiger partial charge in [0, 0.05) is 0 Å². The van der Waals surface area contributed by atoms with Crippen molar-refractivity contribution in [2.45, 2.75) is 0 Å². The first-order chi connectivity index (χ1) is 9.04. The van der Waals surface area contributed by atoms with Crippen LogP contribution in [0.15, 0.2) is 24.3 Å². The van der Waals surface area contributed by atoms with Crippen LogP contribution in [-0.2, 0) is 0 Å². The van der Waals surface area contributed by atoms with Crippen molar-refractivity contribution in [1.82, 2.24) is 4.98 Å². The van der Waals surface area contributed by atoms with Crippen LogP contribution in [0.5, 0.6) is 11.5 Å². The third kappa shape index (κ3) is 2.33. The Morgan fingerprint density at radius 3 is 2.16 bits per heavy atom. The first-order valence-corrected chi connectivity index (χ1v) is 4.91. The Bertz CT molecular complexity index is 656. The first-order valence-electron chi connectivity index (χ1n) is 4.91. The Kier molecular flexibility index (Phi) is 3.33. The highest BCUT2D eigenvalue weighted by molar-refractivity contribution is 5.45. The lowest BCUT2D eigenvalue weighted by atomic mass is 10.2. The van der Waals surface area contributed by atoms with Crippen molar-refractivity contribution in [3.63, 3.8) is 0 Å². The highest BCUT2D eigenvalue weighted by atomic mass is 19.2. The summed E-state index contributed by atoms with van der Waals surface area (Å²) in [5, 5.41) is 8.77. The van der Waals surface area contributed by atoms with E-state index < -0.39 is 29.3 Å². The summed E-state index contributed by atoms with van der Waals surface area (Å²) in [6.45, 7) is 0. The van der Waals surface area contributed by atoms with Gasteiger partial charge >= 0.3 is 0 Å². The lowest BCUT2D eigenvalue weighted by molar-refractivity contribution is 0.343. The van der Waals surface area contributed by atoms with Gasteiger partial charge in [-0.05, 0) is 12.1 Å². The fourth-order valence-corrected chi connectivity index (χ4v) is 1.32. The molecular weight excluding hydrogens is 264 g/mol. The zero-order chi connectivity index (χ0) is 14.0. The van der Waals surface area contributed by atoms with Crippen LogP contribution in [0.3, 0.4) is 0 Å². The summed E-state index contributed by atoms with van der Waals surface area (Å²) in [4.78, 5) is 2.39. The minimum absolute atomic E-state index is 0.0427. The SMILES string of the molecule is N#Cc1ccccc1Oc1c(F)c(F)nc(F)c1F. The van der Waals surface area contributed by atoms with E-state index in [1.807, 2.05) is 0 Å². The molecular formula is C12H4F4N2O. The standard InChI is InChI=1S/C12H4F4N2O/c13-8-10(9(14)12(16)18-11(8)15)19-7-4-2-1-3-6(7)5-17/h1-4H. The predicted octanol–water partition coefficient (Wildman–Crippen LogP) is 3.30. The summed E-state index contributed by atoms with van der Waals surface area (Å²) < 4.78 is 57.1. The minimum Gasteiger partial charge on any atom is -0.449 e. The van der Waals surface area contributed by atoms with E-state index >= 15 is 0 Å². The van der Waals surface area contributed by atoms with Crippen LogP contribution in [0.4, 0.5) is 17.6 Å². The third-order valence-electron chi connectivity index (χ3n) is 2.18. The Hall–Kier alpha value is -2.62. The van der Waals surface area contributed by atoms with E-state index in [0.717, 1.165) is 0 Å². The number of pyridine rings is 1. The maximum atomic E-state index is 13.3. The molecule has 0 saturated heterocycles. The molecule has 0 fully saturated rings. The molecule has 2 aromatic rings. The van der Waals surface area contributed by atoms with Gasteiger partial charge in [-0.1, -0.05) is 12.1 Å². The smallest absolute Gasteiger partial charge is 0.255 e. The summed E-state index contributed by atoms with van der Waals surface area (Å²) in [6.07, 6.45) is 0. The number of aromatic nitrogens is 1. The number of benzene rings is 1. The van der Waals surface area contributed by atoms with Crippen LogP contribution in [0.25, 0.3) is 0 Å². The van der Waals surface area contributed by atoms with Crippen LogP contribution >= 0.6 is 0 Å². The summed E-state index contributed by atoms with van der Waals surface area (Å²) in [5.74, 6) is -8.72. The zero-order valence-electron chi connectivity index (χ0n) is 9.12. The van der Waals surface area contributed by atoms with Crippen LogP contribution in [0, 0.1) is 34.9 Å². The zero-order valence-corrected chi connectivity index (χ0v) is 9.12. The molecule has 1 heterocycles. The van der Waals surface area contributed by atoms with E-state index in [9.17, 15) is 17.6 Å². The number of hydrogen-bond acceptors (Lipinski definition) is 3. The molecule has 2 rings (SSSR count). The molecule has 0 unspecified atom stereocenters. The normalized spacial score (nSPS) is 10.1. The van der Waals surface area contributed by atoms with Crippen LogP contribution in [0.2, 0.25) is 0 Å². The van der Waals surface area contributed by atoms with Crippen molar-refractivity contribution in [1.29, 1.82) is 5.26 Å². The fraction of sp³-hybridized carbons (Fsp3) is 0. The average molecular weight is 268 g/mol. The molecule has 3 nitrogen and oxygen atoms in total. The van der Waals surface area contributed by atoms with Gasteiger partial charge in [0.2, 0.25) is 17.4 Å². The first kappa shape index (κ1) is 12.8. The molecule has 0 saturated carbocycles. The Labute approximate surface area is 104 Å². The molecule has 0 radical (unpaired) electrons. The van der Waals surface area contributed by atoms with Gasteiger partial charge in [-0.2, -0.15) is 27.8 Å². The number of halogens is 4. The molecule has 7 heteroatoms. The largest absolute Gasteiger partial charge is 0.449 e. The van der Waals surface area contributed by atoms with Gasteiger partial charge in [0.1, 0.15) is 11.8 Å². The van der Waals surface area contributed by atoms with Crippen molar-refractivity contribution in [3.05, 3.63) is 53.4 Å². The van der Waals surface area contributed by atoms with Gasteiger partial charge in [0.05, 0.1) is 5.56 Å². The third-order valence-corrected chi connectivity index (χ3v) is 2.18. The molecule has 0 bridgehead atoms. The minimum atomic E-state index is -1.83. The van der Waals surface area contributed by atoms with Gasteiger partial charge in [0.15, 0.2) is 0 Å². The van der Waals surface area contributed by atoms with Gasteiger partial charge in [-0.15, -0.1) is 0 Å². The molecule has 0 aliphatic heterocycles. The molecule has 1 aromatic carbocycles. The van der Waals surface area contributed by atoms with Gasteiger partial charge in [-0.25, -0.2) is 0 Å². The molecule has 0 aliphatic rings. The lowest BCUT2D eigenvalue weighted by Gasteiger charge is -2.09. The molecule has 0 N–H and O–H groups in total. The van der Waals surface area contributed by atoms with Crippen LogP contribution in [-0.4, -0.2) is 4.98 Å². The van der Waals surface area contributed by atoms with Crippen molar-refractivity contribution in [3.8, 4) is 17.6 Å². The summed E-state index contributed by atoms with van der Waals surface area (Å²) in [7, 11) is 0. The molecule has 1 aromatic heterocycles. The second-order valence-corrected chi connectivity index (χ2v) is 3.36. The highest BCUT2D eigenvalue weighted by Gasteiger charge is 2.23. The maximum absolute atomic E-state index is 13.3. The van der Waals surface area contributed by atoms with Gasteiger partial charge in [-0.3, -0.25) is 0 Å². The molecule has 0 atom stereocenters. The monoisotopic (exact) mass is 268 g/mol. The number of rotatable bonds is 2. The molecule has 96 valence electrons. The van der Waals surface area contributed by atoms with E-state index in [-0.39, 0.29) is 11.3 Å². The van der Waals surface area contributed by atoms with Gasteiger partial charge in [0.25, 0.3) is 11.9 Å². The summed E-state index contributed by atoms with van der Waals surface area (Å²) in [5.41, 5.74) is -0.0427. The topological polar surface area (TPSA) is 45.9 Å². The van der Waals surface area contributed by atoms with E-state index in [0.29, 0.717) is 0 Å². The van der Waals surface area contributed by atoms with Crippen LogP contribution in [0.1, 0.15) is 5.56 Å². The average Bonchev–Trinajstić information content (AvgIpc) is 2.42. The molecule has 0 spiro atoms.